The van der Waals surface area contributed by atoms with Gasteiger partial charge in [0.05, 0.1) is 19.8 Å². The number of pyridine rings is 1. The lowest BCUT2D eigenvalue weighted by atomic mass is 10.3. The minimum absolute atomic E-state index is 0.101. The van der Waals surface area contributed by atoms with Crippen LogP contribution in [0.4, 0.5) is 5.82 Å². The Labute approximate surface area is 125 Å². The number of nitrogens with zero attached hydrogens (tertiary/aromatic N) is 2. The van der Waals surface area contributed by atoms with Gasteiger partial charge in [-0.2, -0.15) is 4.31 Å². The Morgan fingerprint density at radius 1 is 1.43 bits per heavy atom. The van der Waals surface area contributed by atoms with Crippen molar-refractivity contribution in [1.82, 2.24) is 9.29 Å². The average Bonchev–Trinajstić information content (AvgIpc) is 2.49. The summed E-state index contributed by atoms with van der Waals surface area (Å²) in [6.07, 6.45) is 1.38. The summed E-state index contributed by atoms with van der Waals surface area (Å²) in [4.78, 5) is 4.36. The molecule has 1 aliphatic heterocycles. The molecule has 1 saturated heterocycles. The molecular weight excluding hydrogens is 294 g/mol. The predicted molar refractivity (Wildman–Crippen MR) is 78.8 cm³/mol. The molecule has 1 atom stereocenters. The minimum Gasteiger partial charge on any atom is -0.383 e. The highest BCUT2D eigenvalue weighted by Gasteiger charge is 2.26. The highest BCUT2D eigenvalue weighted by atomic mass is 32.2. The van der Waals surface area contributed by atoms with Crippen molar-refractivity contribution in [3.05, 3.63) is 18.3 Å². The molecule has 0 spiro atoms. The zero-order valence-corrected chi connectivity index (χ0v) is 13.1. The van der Waals surface area contributed by atoms with Crippen molar-refractivity contribution in [2.75, 3.05) is 45.3 Å². The molecule has 0 saturated carbocycles. The molecule has 0 unspecified atom stereocenters. The summed E-state index contributed by atoms with van der Waals surface area (Å²) >= 11 is 0. The fourth-order valence-electron chi connectivity index (χ4n) is 2.10. The van der Waals surface area contributed by atoms with Crippen LogP contribution in [0, 0.1) is 0 Å². The molecule has 2 heterocycles. The Morgan fingerprint density at radius 2 is 2.14 bits per heavy atom. The van der Waals surface area contributed by atoms with Crippen molar-refractivity contribution in [1.29, 1.82) is 0 Å². The van der Waals surface area contributed by atoms with Gasteiger partial charge in [0.2, 0.25) is 10.0 Å². The van der Waals surface area contributed by atoms with E-state index in [-0.39, 0.29) is 10.9 Å². The normalized spacial score (nSPS) is 18.4. The first-order valence-corrected chi connectivity index (χ1v) is 8.27. The first-order valence-electron chi connectivity index (χ1n) is 6.83. The Kier molecular flexibility index (Phi) is 5.51. The van der Waals surface area contributed by atoms with E-state index >= 15 is 0 Å². The van der Waals surface area contributed by atoms with E-state index < -0.39 is 10.0 Å². The Morgan fingerprint density at radius 3 is 2.71 bits per heavy atom. The Hall–Kier alpha value is -1.22. The molecule has 1 N–H and O–H groups in total. The van der Waals surface area contributed by atoms with E-state index in [2.05, 4.69) is 10.3 Å². The summed E-state index contributed by atoms with van der Waals surface area (Å²) in [5.41, 5.74) is 0. The van der Waals surface area contributed by atoms with E-state index in [0.29, 0.717) is 38.7 Å². The van der Waals surface area contributed by atoms with Crippen molar-refractivity contribution in [3.63, 3.8) is 0 Å². The van der Waals surface area contributed by atoms with Gasteiger partial charge in [-0.25, -0.2) is 13.4 Å². The summed E-state index contributed by atoms with van der Waals surface area (Å²) in [7, 11) is -1.85. The third-order valence-electron chi connectivity index (χ3n) is 3.16. The standard InChI is InChI=1S/C13H21N3O4S/c1-11(10-19-2)15-13-4-3-12(9-14-13)21(17,18)16-5-7-20-8-6-16/h3-4,9,11H,5-8,10H2,1-2H3,(H,14,15)/t11-/m1/s1. The van der Waals surface area contributed by atoms with E-state index in [9.17, 15) is 8.42 Å². The predicted octanol–water partition coefficient (Wildman–Crippen LogP) is 0.549. The summed E-state index contributed by atoms with van der Waals surface area (Å²) < 4.78 is 36.5. The SMILES string of the molecule is COC[C@@H](C)Nc1ccc(S(=O)(=O)N2CCOCC2)cn1. The van der Waals surface area contributed by atoms with Crippen LogP contribution in [0.5, 0.6) is 0 Å². The number of hydrogen-bond acceptors (Lipinski definition) is 6. The lowest BCUT2D eigenvalue weighted by molar-refractivity contribution is 0.0730. The van der Waals surface area contributed by atoms with E-state index in [1.165, 1.54) is 10.5 Å². The van der Waals surface area contributed by atoms with E-state index in [1.807, 2.05) is 6.92 Å². The maximum absolute atomic E-state index is 12.4. The maximum Gasteiger partial charge on any atom is 0.244 e. The van der Waals surface area contributed by atoms with Crippen molar-refractivity contribution >= 4 is 15.8 Å². The van der Waals surface area contributed by atoms with Crippen molar-refractivity contribution < 1.29 is 17.9 Å². The highest BCUT2D eigenvalue weighted by molar-refractivity contribution is 7.89. The average molecular weight is 315 g/mol. The molecule has 0 radical (unpaired) electrons. The van der Waals surface area contributed by atoms with Gasteiger partial charge in [0.1, 0.15) is 10.7 Å². The molecule has 1 fully saturated rings. The van der Waals surface area contributed by atoms with E-state index in [0.717, 1.165) is 0 Å². The highest BCUT2D eigenvalue weighted by Crippen LogP contribution is 2.17. The van der Waals surface area contributed by atoms with Gasteiger partial charge in [-0.05, 0) is 19.1 Å². The number of aromatic nitrogens is 1. The molecule has 118 valence electrons. The van der Waals surface area contributed by atoms with Crippen LogP contribution >= 0.6 is 0 Å². The molecule has 0 aromatic carbocycles. The van der Waals surface area contributed by atoms with Crippen molar-refractivity contribution in [2.24, 2.45) is 0 Å². The largest absolute Gasteiger partial charge is 0.383 e. The maximum atomic E-state index is 12.4. The van der Waals surface area contributed by atoms with Gasteiger partial charge < -0.3 is 14.8 Å². The summed E-state index contributed by atoms with van der Waals surface area (Å²) in [5.74, 6) is 0.625. The van der Waals surface area contributed by atoms with Gasteiger partial charge in [-0.3, -0.25) is 0 Å². The molecule has 0 amide bonds. The van der Waals surface area contributed by atoms with Crippen LogP contribution in [-0.4, -0.2) is 63.8 Å². The van der Waals surface area contributed by atoms with Crippen molar-refractivity contribution in [3.8, 4) is 0 Å². The molecule has 1 aliphatic rings. The molecule has 7 nitrogen and oxygen atoms in total. The molecule has 1 aromatic rings. The lowest BCUT2D eigenvalue weighted by Gasteiger charge is -2.26. The van der Waals surface area contributed by atoms with Crippen LogP contribution in [-0.2, 0) is 19.5 Å². The summed E-state index contributed by atoms with van der Waals surface area (Å²) in [6, 6.07) is 3.34. The second kappa shape index (κ2) is 7.17. The fraction of sp³-hybridized carbons (Fsp3) is 0.615. The van der Waals surface area contributed by atoms with Crippen LogP contribution < -0.4 is 5.32 Å². The molecule has 0 bridgehead atoms. The topological polar surface area (TPSA) is 80.8 Å². The number of nitrogens with one attached hydrogen (secondary N) is 1. The number of anilines is 1. The monoisotopic (exact) mass is 315 g/mol. The van der Waals surface area contributed by atoms with Crippen LogP contribution in [0.3, 0.4) is 0 Å². The third-order valence-corrected chi connectivity index (χ3v) is 5.04. The van der Waals surface area contributed by atoms with Gasteiger partial charge in [-0.15, -0.1) is 0 Å². The number of methoxy groups -OCH3 is 1. The number of ether oxygens (including phenoxy) is 2. The first kappa shape index (κ1) is 16.2. The minimum atomic E-state index is -3.48. The van der Waals surface area contributed by atoms with Crippen LogP contribution in [0.2, 0.25) is 0 Å². The van der Waals surface area contributed by atoms with Gasteiger partial charge in [0, 0.05) is 32.4 Å². The molecule has 21 heavy (non-hydrogen) atoms. The van der Waals surface area contributed by atoms with Gasteiger partial charge >= 0.3 is 0 Å². The number of morpholine rings is 1. The van der Waals surface area contributed by atoms with Crippen LogP contribution in [0.15, 0.2) is 23.2 Å². The van der Waals surface area contributed by atoms with E-state index in [1.54, 1.807) is 19.2 Å². The van der Waals surface area contributed by atoms with Crippen LogP contribution in [0.25, 0.3) is 0 Å². The van der Waals surface area contributed by atoms with E-state index in [4.69, 9.17) is 9.47 Å². The smallest absolute Gasteiger partial charge is 0.244 e. The van der Waals surface area contributed by atoms with Crippen molar-refractivity contribution in [2.45, 2.75) is 17.9 Å². The second-order valence-corrected chi connectivity index (χ2v) is 6.83. The zero-order valence-electron chi connectivity index (χ0n) is 12.3. The fourth-order valence-corrected chi connectivity index (χ4v) is 3.45. The summed E-state index contributed by atoms with van der Waals surface area (Å²) in [6.45, 7) is 4.14. The second-order valence-electron chi connectivity index (χ2n) is 4.90. The molecular formula is C13H21N3O4S. The zero-order chi connectivity index (χ0) is 15.3. The quantitative estimate of drug-likeness (QED) is 0.826. The third kappa shape index (κ3) is 4.13. The van der Waals surface area contributed by atoms with Gasteiger partial charge in [0.25, 0.3) is 0 Å². The lowest BCUT2D eigenvalue weighted by Crippen LogP contribution is -2.40. The van der Waals surface area contributed by atoms with Crippen LogP contribution in [0.1, 0.15) is 6.92 Å². The first-order chi connectivity index (χ1) is 10.0. The number of sulfonamides is 1. The molecule has 1 aromatic heterocycles. The number of hydrogen-bond donors (Lipinski definition) is 1. The molecule has 0 aliphatic carbocycles. The number of rotatable bonds is 6. The molecule has 8 heteroatoms. The van der Waals surface area contributed by atoms with Gasteiger partial charge in [-0.1, -0.05) is 0 Å². The molecule has 2 rings (SSSR count). The van der Waals surface area contributed by atoms with Gasteiger partial charge in [0.15, 0.2) is 0 Å². The Bertz CT molecular complexity index is 541. The summed E-state index contributed by atoms with van der Waals surface area (Å²) in [5, 5.41) is 3.14. The Balaban J connectivity index is 2.07.